The van der Waals surface area contributed by atoms with Crippen LogP contribution in [0.5, 0.6) is 11.5 Å². The largest absolute Gasteiger partial charge is 0.493 e. The van der Waals surface area contributed by atoms with Crippen LogP contribution >= 0.6 is 0 Å². The lowest BCUT2D eigenvalue weighted by Crippen LogP contribution is -2.34. The van der Waals surface area contributed by atoms with Crippen molar-refractivity contribution in [3.05, 3.63) is 58.7 Å². The first-order chi connectivity index (χ1) is 15.1. The number of rotatable bonds is 5. The summed E-state index contributed by atoms with van der Waals surface area (Å²) in [5.41, 5.74) is 4.69. The summed E-state index contributed by atoms with van der Waals surface area (Å²) in [4.78, 5) is 17.5. The van der Waals surface area contributed by atoms with Crippen molar-refractivity contribution in [2.75, 3.05) is 14.2 Å². The number of amides is 1. The molecule has 31 heavy (non-hydrogen) atoms. The van der Waals surface area contributed by atoms with Crippen LogP contribution < -0.4 is 14.8 Å². The Morgan fingerprint density at radius 3 is 2.42 bits per heavy atom. The van der Waals surface area contributed by atoms with E-state index in [9.17, 15) is 9.90 Å². The van der Waals surface area contributed by atoms with Crippen molar-refractivity contribution in [3.8, 4) is 11.5 Å². The van der Waals surface area contributed by atoms with Crippen LogP contribution in [0.25, 0.3) is 0 Å². The van der Waals surface area contributed by atoms with Crippen LogP contribution in [-0.4, -0.2) is 49.1 Å². The molecular weight excluding hydrogens is 392 g/mol. The van der Waals surface area contributed by atoms with Gasteiger partial charge >= 0.3 is 0 Å². The summed E-state index contributed by atoms with van der Waals surface area (Å²) in [5, 5.41) is 13.3. The zero-order valence-electron chi connectivity index (χ0n) is 17.9. The van der Waals surface area contributed by atoms with E-state index in [1.165, 1.54) is 0 Å². The van der Waals surface area contributed by atoms with Gasteiger partial charge in [0.05, 0.1) is 32.1 Å². The van der Waals surface area contributed by atoms with Crippen molar-refractivity contribution in [1.82, 2.24) is 5.32 Å². The van der Waals surface area contributed by atoms with Crippen molar-refractivity contribution < 1.29 is 19.4 Å². The van der Waals surface area contributed by atoms with E-state index in [1.54, 1.807) is 14.2 Å². The van der Waals surface area contributed by atoms with Crippen LogP contribution in [-0.2, 0) is 0 Å². The fraction of sp³-hybridized carbons (Fsp3) is 0.440. The molecule has 2 aromatic carbocycles. The fourth-order valence-corrected chi connectivity index (χ4v) is 4.77. The third-order valence-corrected chi connectivity index (χ3v) is 6.62. The molecule has 3 aliphatic rings. The summed E-state index contributed by atoms with van der Waals surface area (Å²) < 4.78 is 11.1. The van der Waals surface area contributed by atoms with Gasteiger partial charge in [0.1, 0.15) is 0 Å². The highest BCUT2D eigenvalue weighted by Crippen LogP contribution is 2.44. The molecule has 2 N–H and O–H groups in total. The number of aliphatic hydroxyl groups is 1. The number of ether oxygens (including phenoxy) is 2. The molecule has 0 bridgehead atoms. The minimum atomic E-state index is -0.303. The van der Waals surface area contributed by atoms with E-state index < -0.39 is 0 Å². The van der Waals surface area contributed by atoms with E-state index in [0.29, 0.717) is 29.5 Å². The van der Waals surface area contributed by atoms with Gasteiger partial charge in [-0.05, 0) is 61.9 Å². The summed E-state index contributed by atoms with van der Waals surface area (Å²) in [5.74, 6) is 1.48. The molecular formula is C25H28N2O4. The smallest absolute Gasteiger partial charge is 0.251 e. The van der Waals surface area contributed by atoms with Gasteiger partial charge in [0.2, 0.25) is 0 Å². The molecule has 5 rings (SSSR count). The Morgan fingerprint density at radius 2 is 1.74 bits per heavy atom. The molecule has 3 unspecified atom stereocenters. The van der Waals surface area contributed by atoms with E-state index in [1.807, 2.05) is 36.4 Å². The molecule has 0 spiro atoms. The predicted molar refractivity (Wildman–Crippen MR) is 119 cm³/mol. The predicted octanol–water partition coefficient (Wildman–Crippen LogP) is 3.44. The normalized spacial score (nSPS) is 24.5. The number of nitrogens with one attached hydrogen (secondary N) is 1. The topological polar surface area (TPSA) is 80.2 Å². The Labute approximate surface area is 182 Å². The van der Waals surface area contributed by atoms with Gasteiger partial charge in [-0.15, -0.1) is 0 Å². The second-order valence-corrected chi connectivity index (χ2v) is 8.74. The summed E-state index contributed by atoms with van der Waals surface area (Å²) in [6, 6.07) is 12.2. The molecule has 3 atom stereocenters. The molecule has 1 amide bonds. The molecule has 6 heteroatoms. The van der Waals surface area contributed by atoms with Crippen molar-refractivity contribution in [2.24, 2.45) is 4.99 Å². The Morgan fingerprint density at radius 1 is 1.03 bits per heavy atom. The molecule has 162 valence electrons. The Kier molecular flexibility index (Phi) is 5.18. The van der Waals surface area contributed by atoms with Crippen LogP contribution in [0.2, 0.25) is 0 Å². The molecule has 2 saturated carbocycles. The molecule has 1 heterocycles. The van der Waals surface area contributed by atoms with Crippen LogP contribution in [0.3, 0.4) is 0 Å². The summed E-state index contributed by atoms with van der Waals surface area (Å²) >= 11 is 0. The maximum atomic E-state index is 12.4. The summed E-state index contributed by atoms with van der Waals surface area (Å²) in [6.07, 6.45) is 4.15. The van der Waals surface area contributed by atoms with Gasteiger partial charge in [-0.2, -0.15) is 0 Å². The molecule has 2 aromatic rings. The third kappa shape index (κ3) is 3.81. The monoisotopic (exact) mass is 420 g/mol. The molecule has 0 radical (unpaired) electrons. The second kappa shape index (κ2) is 8.00. The molecule has 1 aliphatic heterocycles. The highest BCUT2D eigenvalue weighted by molar-refractivity contribution is 6.15. The first-order valence-corrected chi connectivity index (χ1v) is 11.0. The highest BCUT2D eigenvalue weighted by atomic mass is 16.5. The molecule has 0 saturated heterocycles. The fourth-order valence-electron chi connectivity index (χ4n) is 4.77. The van der Waals surface area contributed by atoms with Gasteiger partial charge in [-0.1, -0.05) is 12.1 Å². The van der Waals surface area contributed by atoms with Gasteiger partial charge in [0, 0.05) is 28.7 Å². The Hall–Kier alpha value is -2.86. The van der Waals surface area contributed by atoms with Crippen molar-refractivity contribution >= 4 is 11.6 Å². The number of aliphatic hydroxyl groups excluding tert-OH is 1. The zero-order valence-corrected chi connectivity index (χ0v) is 17.9. The van der Waals surface area contributed by atoms with Crippen LogP contribution in [0.15, 0.2) is 41.4 Å². The highest BCUT2D eigenvalue weighted by Gasteiger charge is 2.37. The third-order valence-electron chi connectivity index (χ3n) is 6.62. The number of carbonyl (C=O) groups excluding carboxylic acids is 1. The number of fused-ring (bicyclic) bond motifs is 3. The average molecular weight is 421 g/mol. The van der Waals surface area contributed by atoms with Gasteiger partial charge < -0.3 is 19.9 Å². The lowest BCUT2D eigenvalue weighted by Gasteiger charge is -2.37. The van der Waals surface area contributed by atoms with Crippen LogP contribution in [0.4, 0.5) is 0 Å². The van der Waals surface area contributed by atoms with E-state index in [0.717, 1.165) is 48.1 Å². The SMILES string of the molecule is COc1cc2c(cc1OC)C1CC(O)CCC1N=C2c1ccc(C(=O)NC2CC2)cc1. The molecule has 0 aromatic heterocycles. The Balaban J connectivity index is 1.54. The van der Waals surface area contributed by atoms with E-state index in [4.69, 9.17) is 14.5 Å². The summed E-state index contributed by atoms with van der Waals surface area (Å²) in [7, 11) is 3.27. The number of carbonyl (C=O) groups is 1. The van der Waals surface area contributed by atoms with Gasteiger partial charge in [-0.25, -0.2) is 0 Å². The van der Waals surface area contributed by atoms with Crippen LogP contribution in [0, 0.1) is 0 Å². The van der Waals surface area contributed by atoms with Gasteiger partial charge in [-0.3, -0.25) is 9.79 Å². The maximum Gasteiger partial charge on any atom is 0.251 e. The van der Waals surface area contributed by atoms with Crippen molar-refractivity contribution in [2.45, 2.75) is 56.2 Å². The van der Waals surface area contributed by atoms with Crippen LogP contribution in [0.1, 0.15) is 65.1 Å². The summed E-state index contributed by atoms with van der Waals surface area (Å²) in [6.45, 7) is 0. The molecule has 2 aliphatic carbocycles. The quantitative estimate of drug-likeness (QED) is 0.777. The molecule has 2 fully saturated rings. The first-order valence-electron chi connectivity index (χ1n) is 11.0. The molecule has 6 nitrogen and oxygen atoms in total. The minimum Gasteiger partial charge on any atom is -0.493 e. The van der Waals surface area contributed by atoms with E-state index in [2.05, 4.69) is 5.32 Å². The standard InChI is InChI=1S/C25H28N2O4/c1-30-22-12-18-19-11-17(28)9-10-21(19)27-24(20(18)13-23(22)31-2)14-3-5-15(6-4-14)25(29)26-16-7-8-16/h3-6,12-13,16-17,19,21,28H,7-11H2,1-2H3,(H,26,29). The van der Waals surface area contributed by atoms with E-state index >= 15 is 0 Å². The minimum absolute atomic E-state index is 0.0206. The zero-order chi connectivity index (χ0) is 21.5. The number of nitrogens with zero attached hydrogens (tertiary/aromatic N) is 1. The van der Waals surface area contributed by atoms with Crippen molar-refractivity contribution in [1.29, 1.82) is 0 Å². The lowest BCUT2D eigenvalue weighted by atomic mass is 9.74. The maximum absolute atomic E-state index is 12.4. The lowest BCUT2D eigenvalue weighted by molar-refractivity contribution is 0.0951. The number of hydrogen-bond acceptors (Lipinski definition) is 5. The second-order valence-electron chi connectivity index (χ2n) is 8.74. The number of methoxy groups -OCH3 is 2. The average Bonchev–Trinajstić information content (AvgIpc) is 3.61. The van der Waals surface area contributed by atoms with Gasteiger partial charge in [0.25, 0.3) is 5.91 Å². The first kappa shape index (κ1) is 20.1. The van der Waals surface area contributed by atoms with E-state index in [-0.39, 0.29) is 24.0 Å². The number of benzene rings is 2. The van der Waals surface area contributed by atoms with Crippen molar-refractivity contribution in [3.63, 3.8) is 0 Å². The van der Waals surface area contributed by atoms with Gasteiger partial charge in [0.15, 0.2) is 11.5 Å². The number of hydrogen-bond donors (Lipinski definition) is 2. The number of aliphatic imine (C=N–C) groups is 1. The Bertz CT molecular complexity index is 1030.